The van der Waals surface area contributed by atoms with Crippen molar-refractivity contribution in [2.24, 2.45) is 5.73 Å². The van der Waals surface area contributed by atoms with Crippen molar-refractivity contribution in [3.05, 3.63) is 64.7 Å². The van der Waals surface area contributed by atoms with Crippen LogP contribution < -0.4 is 5.73 Å². The van der Waals surface area contributed by atoms with Crippen molar-refractivity contribution in [1.82, 2.24) is 0 Å². The number of nitrogens with two attached hydrogens (primary N) is 1. The molecule has 0 saturated carbocycles. The maximum atomic E-state index is 12.7. The molecule has 0 bridgehead atoms. The van der Waals surface area contributed by atoms with Gasteiger partial charge in [0, 0.05) is 21.7 Å². The number of benzene rings is 2. The molecule has 0 fully saturated rings. The van der Waals surface area contributed by atoms with Crippen molar-refractivity contribution in [3.63, 3.8) is 0 Å². The first kappa shape index (κ1) is 16.2. The number of hydrogen-bond acceptors (Lipinski definition) is 2. The molecule has 2 aromatic rings. The zero-order chi connectivity index (χ0) is 15.5. The lowest BCUT2D eigenvalue weighted by molar-refractivity contribution is -0.137. The van der Waals surface area contributed by atoms with Crippen LogP contribution >= 0.6 is 23.4 Å². The summed E-state index contributed by atoms with van der Waals surface area (Å²) in [6.07, 6.45) is -4.35. The zero-order valence-corrected chi connectivity index (χ0v) is 12.5. The lowest BCUT2D eigenvalue weighted by atomic mass is 10.1. The molecule has 0 heterocycles. The summed E-state index contributed by atoms with van der Waals surface area (Å²) in [5.74, 6) is 0.474. The van der Waals surface area contributed by atoms with Gasteiger partial charge in [-0.3, -0.25) is 0 Å². The molecule has 2 aromatic carbocycles. The van der Waals surface area contributed by atoms with Crippen LogP contribution in [0.15, 0.2) is 53.4 Å². The Morgan fingerprint density at radius 1 is 1.10 bits per heavy atom. The number of rotatable bonds is 4. The molecular formula is C15H13ClF3NS. The molecule has 0 spiro atoms. The number of thioether (sulfide) groups is 1. The first-order valence-electron chi connectivity index (χ1n) is 6.17. The van der Waals surface area contributed by atoms with Crippen LogP contribution in [0.3, 0.4) is 0 Å². The molecule has 0 aromatic heterocycles. The van der Waals surface area contributed by atoms with Gasteiger partial charge in [0.1, 0.15) is 0 Å². The van der Waals surface area contributed by atoms with E-state index in [9.17, 15) is 13.2 Å². The molecule has 1 unspecified atom stereocenters. The van der Waals surface area contributed by atoms with Gasteiger partial charge in [0.2, 0.25) is 0 Å². The third-order valence-electron chi connectivity index (χ3n) is 2.87. The Morgan fingerprint density at radius 2 is 1.81 bits per heavy atom. The molecule has 2 N–H and O–H groups in total. The first-order valence-corrected chi connectivity index (χ1v) is 7.54. The monoisotopic (exact) mass is 331 g/mol. The van der Waals surface area contributed by atoms with Crippen molar-refractivity contribution in [2.45, 2.75) is 17.1 Å². The van der Waals surface area contributed by atoms with E-state index in [0.29, 0.717) is 16.3 Å². The topological polar surface area (TPSA) is 26.0 Å². The lowest BCUT2D eigenvalue weighted by Gasteiger charge is -2.14. The molecule has 112 valence electrons. The highest BCUT2D eigenvalue weighted by molar-refractivity contribution is 7.99. The van der Waals surface area contributed by atoms with E-state index in [4.69, 9.17) is 17.3 Å². The summed E-state index contributed by atoms with van der Waals surface area (Å²) in [5.41, 5.74) is 5.77. The normalized spacial score (nSPS) is 13.2. The molecule has 21 heavy (non-hydrogen) atoms. The summed E-state index contributed by atoms with van der Waals surface area (Å²) < 4.78 is 38.0. The van der Waals surface area contributed by atoms with Crippen molar-refractivity contribution in [2.75, 3.05) is 5.75 Å². The molecule has 0 aliphatic carbocycles. The minimum atomic E-state index is -4.35. The summed E-state index contributed by atoms with van der Waals surface area (Å²) in [5, 5.41) is 0.618. The van der Waals surface area contributed by atoms with Gasteiger partial charge in [-0.2, -0.15) is 13.2 Å². The summed E-state index contributed by atoms with van der Waals surface area (Å²) in [6.45, 7) is 0. The molecule has 0 amide bonds. The van der Waals surface area contributed by atoms with Gasteiger partial charge in [0.25, 0.3) is 0 Å². The molecule has 0 radical (unpaired) electrons. The predicted molar refractivity (Wildman–Crippen MR) is 80.5 cm³/mol. The Bertz CT molecular complexity index is 616. The number of alkyl halides is 3. The zero-order valence-electron chi connectivity index (χ0n) is 10.9. The Balaban J connectivity index is 2.05. The van der Waals surface area contributed by atoms with E-state index in [2.05, 4.69) is 0 Å². The second kappa shape index (κ2) is 6.73. The second-order valence-corrected chi connectivity index (χ2v) is 6.03. The van der Waals surface area contributed by atoms with Gasteiger partial charge in [-0.1, -0.05) is 29.8 Å². The minimum absolute atomic E-state index is 0.472. The summed E-state index contributed by atoms with van der Waals surface area (Å²) in [7, 11) is 0. The summed E-state index contributed by atoms with van der Waals surface area (Å²) in [4.78, 5) is 0.935. The molecule has 0 aliphatic heterocycles. The van der Waals surface area contributed by atoms with Crippen molar-refractivity contribution < 1.29 is 13.2 Å². The van der Waals surface area contributed by atoms with Crippen LogP contribution in [0, 0.1) is 0 Å². The van der Waals surface area contributed by atoms with E-state index >= 15 is 0 Å². The Kier molecular flexibility index (Phi) is 5.19. The van der Waals surface area contributed by atoms with Crippen LogP contribution in [0.4, 0.5) is 13.2 Å². The van der Waals surface area contributed by atoms with Crippen LogP contribution in [-0.4, -0.2) is 5.75 Å². The Morgan fingerprint density at radius 3 is 2.48 bits per heavy atom. The van der Waals surface area contributed by atoms with Gasteiger partial charge in [-0.25, -0.2) is 0 Å². The van der Waals surface area contributed by atoms with Crippen LogP contribution in [0.5, 0.6) is 0 Å². The quantitative estimate of drug-likeness (QED) is 0.784. The Hall–Kier alpha value is -1.17. The highest BCUT2D eigenvalue weighted by atomic mass is 35.5. The number of hydrogen-bond donors (Lipinski definition) is 1. The molecular weight excluding hydrogens is 319 g/mol. The molecule has 0 saturated heterocycles. The maximum Gasteiger partial charge on any atom is 0.416 e. The van der Waals surface area contributed by atoms with E-state index in [1.54, 1.807) is 18.2 Å². The first-order chi connectivity index (χ1) is 9.86. The molecule has 2 rings (SSSR count). The molecule has 1 atom stereocenters. The molecule has 6 heteroatoms. The third-order valence-corrected chi connectivity index (χ3v) is 4.22. The fraction of sp³-hybridized carbons (Fsp3) is 0.200. The SMILES string of the molecule is NC(CSc1cccc(Cl)c1)c1cccc(C(F)(F)F)c1. The lowest BCUT2D eigenvalue weighted by Crippen LogP contribution is -2.14. The average Bonchev–Trinajstić information content (AvgIpc) is 2.44. The van der Waals surface area contributed by atoms with Crippen LogP contribution in [-0.2, 0) is 6.18 Å². The van der Waals surface area contributed by atoms with E-state index < -0.39 is 17.8 Å². The van der Waals surface area contributed by atoms with Gasteiger partial charge < -0.3 is 5.73 Å². The second-order valence-electron chi connectivity index (χ2n) is 4.50. The van der Waals surface area contributed by atoms with Gasteiger partial charge in [-0.05, 0) is 35.9 Å². The van der Waals surface area contributed by atoms with Crippen LogP contribution in [0.1, 0.15) is 17.2 Å². The van der Waals surface area contributed by atoms with Crippen LogP contribution in [0.25, 0.3) is 0 Å². The van der Waals surface area contributed by atoms with Gasteiger partial charge in [0.05, 0.1) is 5.56 Å². The minimum Gasteiger partial charge on any atom is -0.323 e. The Labute approximate surface area is 130 Å². The van der Waals surface area contributed by atoms with Gasteiger partial charge >= 0.3 is 6.18 Å². The van der Waals surface area contributed by atoms with E-state index in [1.165, 1.54) is 17.8 Å². The summed E-state index contributed by atoms with van der Waals surface area (Å²) >= 11 is 7.34. The number of halogens is 4. The van der Waals surface area contributed by atoms with Crippen molar-refractivity contribution >= 4 is 23.4 Å². The van der Waals surface area contributed by atoms with E-state index in [0.717, 1.165) is 17.0 Å². The molecule has 1 nitrogen and oxygen atoms in total. The van der Waals surface area contributed by atoms with Crippen molar-refractivity contribution in [3.8, 4) is 0 Å². The van der Waals surface area contributed by atoms with Crippen LogP contribution in [0.2, 0.25) is 5.02 Å². The third kappa shape index (κ3) is 4.66. The average molecular weight is 332 g/mol. The summed E-state index contributed by atoms with van der Waals surface area (Å²) in [6, 6.07) is 11.9. The standard InChI is InChI=1S/C15H13ClF3NS/c16-12-5-2-6-13(8-12)21-9-14(20)10-3-1-4-11(7-10)15(17,18)19/h1-8,14H,9,20H2. The van der Waals surface area contributed by atoms with Crippen molar-refractivity contribution in [1.29, 1.82) is 0 Å². The fourth-order valence-corrected chi connectivity index (χ4v) is 2.99. The smallest absolute Gasteiger partial charge is 0.323 e. The van der Waals surface area contributed by atoms with Gasteiger partial charge in [-0.15, -0.1) is 11.8 Å². The largest absolute Gasteiger partial charge is 0.416 e. The van der Waals surface area contributed by atoms with Gasteiger partial charge in [0.15, 0.2) is 0 Å². The predicted octanol–water partition coefficient (Wildman–Crippen LogP) is 5.15. The highest BCUT2D eigenvalue weighted by Gasteiger charge is 2.30. The highest BCUT2D eigenvalue weighted by Crippen LogP contribution is 2.31. The van der Waals surface area contributed by atoms with E-state index in [-0.39, 0.29) is 0 Å². The maximum absolute atomic E-state index is 12.7. The molecule has 0 aliphatic rings. The fourth-order valence-electron chi connectivity index (χ4n) is 1.78. The van der Waals surface area contributed by atoms with E-state index in [1.807, 2.05) is 12.1 Å².